The Morgan fingerprint density at radius 1 is 1.02 bits per heavy atom. The average Bonchev–Trinajstić information content (AvgIpc) is 3.40. The highest BCUT2D eigenvalue weighted by Gasteiger charge is 2.37. The predicted molar refractivity (Wildman–Crippen MR) is 191 cm³/mol. The summed E-state index contributed by atoms with van der Waals surface area (Å²) in [6, 6.07) is 16.2. The number of nitrogens with one attached hydrogen (secondary N) is 3. The summed E-state index contributed by atoms with van der Waals surface area (Å²) in [7, 11) is 0. The molecule has 0 aliphatic carbocycles. The van der Waals surface area contributed by atoms with Crippen LogP contribution in [0.2, 0.25) is 0 Å². The second-order valence-corrected chi connectivity index (χ2v) is 13.5. The highest BCUT2D eigenvalue weighted by molar-refractivity contribution is 6.12. The van der Waals surface area contributed by atoms with Crippen LogP contribution in [-0.2, 0) is 38.8 Å². The number of amides is 3. The van der Waals surface area contributed by atoms with Crippen molar-refractivity contribution in [2.45, 2.75) is 91.5 Å². The van der Waals surface area contributed by atoms with Gasteiger partial charge in [0, 0.05) is 49.2 Å². The summed E-state index contributed by atoms with van der Waals surface area (Å²) in [5.74, 6) is -0.927. The Balaban J connectivity index is 1.18. The molecular weight excluding hydrogens is 636 g/mol. The van der Waals surface area contributed by atoms with Gasteiger partial charge < -0.3 is 35.5 Å². The average molecular weight is 683 g/mol. The van der Waals surface area contributed by atoms with Crippen LogP contribution >= 0.6 is 0 Å². The van der Waals surface area contributed by atoms with E-state index >= 15 is 0 Å². The van der Waals surface area contributed by atoms with Gasteiger partial charge in [0.2, 0.25) is 11.8 Å². The number of carbonyl (C=O) groups is 5. The quantitative estimate of drug-likeness (QED) is 0.159. The van der Waals surface area contributed by atoms with Crippen molar-refractivity contribution in [1.82, 2.24) is 5.32 Å². The summed E-state index contributed by atoms with van der Waals surface area (Å²) in [6.45, 7) is 7.15. The fourth-order valence-corrected chi connectivity index (χ4v) is 6.48. The molecule has 2 aliphatic heterocycles. The van der Waals surface area contributed by atoms with Crippen LogP contribution in [0.4, 0.5) is 17.1 Å². The number of aryl methyl sites for hydroxylation is 1. The highest BCUT2D eigenvalue weighted by atomic mass is 16.5. The third-order valence-corrected chi connectivity index (χ3v) is 9.26. The molecule has 0 saturated carbocycles. The van der Waals surface area contributed by atoms with Crippen molar-refractivity contribution in [2.75, 3.05) is 22.1 Å². The first kappa shape index (κ1) is 36.3. The summed E-state index contributed by atoms with van der Waals surface area (Å²) >= 11 is 0. The van der Waals surface area contributed by atoms with Gasteiger partial charge in [0.15, 0.2) is 5.78 Å². The monoisotopic (exact) mass is 682 g/mol. The number of carbonyl (C=O) groups excluding carboxylic acids is 5. The molecule has 11 heteroatoms. The number of benzene rings is 3. The van der Waals surface area contributed by atoms with Gasteiger partial charge in [-0.1, -0.05) is 25.1 Å². The zero-order valence-electron chi connectivity index (χ0n) is 29.1. The molecule has 3 amide bonds. The van der Waals surface area contributed by atoms with Gasteiger partial charge in [-0.25, -0.2) is 0 Å². The van der Waals surface area contributed by atoms with Gasteiger partial charge in [0.05, 0.1) is 29.9 Å². The number of unbranched alkanes of at least 4 members (excludes halogenated alkanes) is 1. The molecule has 0 radical (unpaired) electrons. The van der Waals surface area contributed by atoms with Crippen LogP contribution in [0.1, 0.15) is 85.5 Å². The van der Waals surface area contributed by atoms with Crippen LogP contribution in [0, 0.1) is 12.8 Å². The summed E-state index contributed by atoms with van der Waals surface area (Å²) in [4.78, 5) is 64.7. The molecule has 264 valence electrons. The maximum Gasteiger partial charge on any atom is 0.260 e. The number of ketones is 2. The number of nitrogens with zero attached hydrogens (tertiary/aromatic N) is 1. The first-order chi connectivity index (χ1) is 23.9. The van der Waals surface area contributed by atoms with Crippen molar-refractivity contribution in [3.63, 3.8) is 0 Å². The zero-order valence-corrected chi connectivity index (χ0v) is 29.1. The standard InChI is InChI=1S/C39H46N4O7/c1-23-13-32-33(40-20-31-18-29-10-6-7-11-34(29)43(31)39(32)49)19-36(23)50-22-28-15-27(21-44)16-30(17-28)42-38(48)24(2)14-35(46)26(4)41-37(47)12-8-5-9-25(3)45/h6-7,10-11,13,15-17,19,24,26,31,40,44H,5,8-9,12,14,18,20-22H2,1-4H3,(H,41,47)(H,42,48)/t24-,26+,31+/m1/s1. The van der Waals surface area contributed by atoms with E-state index in [1.165, 1.54) is 12.5 Å². The van der Waals surface area contributed by atoms with Crippen LogP contribution < -0.4 is 25.6 Å². The third-order valence-electron chi connectivity index (χ3n) is 9.26. The molecule has 5 rings (SSSR count). The lowest BCUT2D eigenvalue weighted by Crippen LogP contribution is -2.39. The van der Waals surface area contributed by atoms with E-state index in [4.69, 9.17) is 4.74 Å². The Hall–Kier alpha value is -5.03. The Morgan fingerprint density at radius 2 is 1.76 bits per heavy atom. The lowest BCUT2D eigenvalue weighted by Gasteiger charge is -2.22. The number of hydrogen-bond donors (Lipinski definition) is 4. The largest absolute Gasteiger partial charge is 0.489 e. The molecule has 11 nitrogen and oxygen atoms in total. The maximum atomic E-state index is 13.7. The zero-order chi connectivity index (χ0) is 35.9. The molecule has 2 aliphatic rings. The van der Waals surface area contributed by atoms with Gasteiger partial charge in [0.1, 0.15) is 18.1 Å². The van der Waals surface area contributed by atoms with Crippen molar-refractivity contribution in [2.24, 2.45) is 5.92 Å². The summed E-state index contributed by atoms with van der Waals surface area (Å²) in [6.07, 6.45) is 2.57. The van der Waals surface area contributed by atoms with Gasteiger partial charge in [-0.3, -0.25) is 19.2 Å². The number of fused-ring (bicyclic) bond motifs is 4. The van der Waals surface area contributed by atoms with Crippen LogP contribution in [0.5, 0.6) is 5.75 Å². The summed E-state index contributed by atoms with van der Waals surface area (Å²) in [5.41, 5.74) is 5.97. The van der Waals surface area contributed by atoms with Gasteiger partial charge in [-0.15, -0.1) is 0 Å². The normalized spacial score (nSPS) is 15.8. The lowest BCUT2D eigenvalue weighted by atomic mass is 9.99. The van der Waals surface area contributed by atoms with E-state index in [1.54, 1.807) is 32.0 Å². The number of rotatable bonds is 15. The molecule has 50 heavy (non-hydrogen) atoms. The molecule has 0 unspecified atom stereocenters. The van der Waals surface area contributed by atoms with Gasteiger partial charge in [0.25, 0.3) is 5.91 Å². The minimum atomic E-state index is -0.745. The molecule has 0 fully saturated rings. The molecule has 0 spiro atoms. The van der Waals surface area contributed by atoms with E-state index in [0.29, 0.717) is 59.6 Å². The minimum Gasteiger partial charge on any atom is -0.489 e. The molecule has 3 aromatic rings. The fourth-order valence-electron chi connectivity index (χ4n) is 6.48. The second kappa shape index (κ2) is 16.1. The van der Waals surface area contributed by atoms with Crippen molar-refractivity contribution >= 4 is 46.4 Å². The number of ether oxygens (including phenoxy) is 1. The van der Waals surface area contributed by atoms with E-state index in [0.717, 1.165) is 17.7 Å². The van der Waals surface area contributed by atoms with E-state index in [9.17, 15) is 29.1 Å². The molecule has 0 saturated heterocycles. The minimum absolute atomic E-state index is 0.0249. The number of aliphatic hydroxyl groups excluding tert-OH is 1. The number of aliphatic hydroxyl groups is 1. The van der Waals surface area contributed by atoms with Crippen molar-refractivity contribution in [1.29, 1.82) is 0 Å². The maximum absolute atomic E-state index is 13.7. The molecule has 3 atom stereocenters. The SMILES string of the molecule is CC(=O)CCCCC(=O)N[C@@H](C)C(=O)C[C@@H](C)C(=O)Nc1cc(CO)cc(COc2cc3c(cc2C)C(=O)N2c4ccccc4C[C@H]2CN3)c1. The van der Waals surface area contributed by atoms with Crippen molar-refractivity contribution in [3.05, 3.63) is 82.4 Å². The lowest BCUT2D eigenvalue weighted by molar-refractivity contribution is -0.129. The molecule has 4 N–H and O–H groups in total. The van der Waals surface area contributed by atoms with Crippen molar-refractivity contribution in [3.8, 4) is 5.75 Å². The second-order valence-electron chi connectivity index (χ2n) is 13.5. The molecule has 0 bridgehead atoms. The molecular formula is C39H46N4O7. The molecule has 2 heterocycles. The number of para-hydroxylation sites is 1. The Bertz CT molecular complexity index is 1790. The summed E-state index contributed by atoms with van der Waals surface area (Å²) in [5, 5.41) is 18.9. The first-order valence-electron chi connectivity index (χ1n) is 17.2. The Labute approximate surface area is 292 Å². The molecule has 0 aromatic heterocycles. The summed E-state index contributed by atoms with van der Waals surface area (Å²) < 4.78 is 6.22. The Morgan fingerprint density at radius 3 is 2.52 bits per heavy atom. The van der Waals surface area contributed by atoms with Gasteiger partial charge >= 0.3 is 0 Å². The van der Waals surface area contributed by atoms with E-state index in [2.05, 4.69) is 22.0 Å². The number of anilines is 3. The van der Waals surface area contributed by atoms with E-state index < -0.39 is 12.0 Å². The highest BCUT2D eigenvalue weighted by Crippen LogP contribution is 2.38. The van der Waals surface area contributed by atoms with E-state index in [1.807, 2.05) is 42.2 Å². The third kappa shape index (κ3) is 8.76. The Kier molecular flexibility index (Phi) is 11.7. The number of Topliss-reactive ketones (excluding diaryl/α,β-unsaturated/α-hetero) is 2. The van der Waals surface area contributed by atoms with Crippen LogP contribution in [-0.4, -0.2) is 53.0 Å². The predicted octanol–water partition coefficient (Wildman–Crippen LogP) is 5.25. The van der Waals surface area contributed by atoms with Crippen LogP contribution in [0.15, 0.2) is 54.6 Å². The van der Waals surface area contributed by atoms with Gasteiger partial charge in [-0.05, 0) is 92.6 Å². The smallest absolute Gasteiger partial charge is 0.260 e. The number of hydrogen-bond acceptors (Lipinski definition) is 8. The fraction of sp³-hybridized carbons (Fsp3) is 0.410. The molecule has 3 aromatic carbocycles. The van der Waals surface area contributed by atoms with Crippen molar-refractivity contribution < 1.29 is 33.8 Å². The first-order valence-corrected chi connectivity index (χ1v) is 17.2. The van der Waals surface area contributed by atoms with Gasteiger partial charge in [-0.2, -0.15) is 0 Å². The van der Waals surface area contributed by atoms with Crippen LogP contribution in [0.3, 0.4) is 0 Å². The van der Waals surface area contributed by atoms with Crippen LogP contribution in [0.25, 0.3) is 0 Å². The topological polar surface area (TPSA) is 154 Å². The van der Waals surface area contributed by atoms with E-state index in [-0.39, 0.29) is 61.4 Å².